The topological polar surface area (TPSA) is 220 Å². The van der Waals surface area contributed by atoms with Gasteiger partial charge in [-0.3, -0.25) is 24.1 Å². The SMILES string of the molecule is NC(=O)Oc1ccc(C(C(=O)O)N2CC(N(C(=O)C=O)c3ccc(OCCC(N)C(=O)O)cc3)C2=O)cc1. The van der Waals surface area contributed by atoms with E-state index in [-0.39, 0.29) is 42.9 Å². The highest BCUT2D eigenvalue weighted by molar-refractivity contribution is 6.32. The van der Waals surface area contributed by atoms with Gasteiger partial charge in [0.2, 0.25) is 12.2 Å². The second kappa shape index (κ2) is 11.8. The first-order valence-electron chi connectivity index (χ1n) is 11.1. The van der Waals surface area contributed by atoms with Crippen LogP contribution in [0, 0.1) is 0 Å². The number of ether oxygens (including phenoxy) is 2. The minimum Gasteiger partial charge on any atom is -0.494 e. The Kier molecular flexibility index (Phi) is 8.60. The number of anilines is 1. The van der Waals surface area contributed by atoms with Crippen molar-refractivity contribution in [1.82, 2.24) is 4.90 Å². The van der Waals surface area contributed by atoms with E-state index >= 15 is 0 Å². The number of aliphatic carboxylic acids is 2. The molecule has 3 rings (SSSR count). The highest BCUT2D eigenvalue weighted by Gasteiger charge is 2.48. The van der Waals surface area contributed by atoms with Gasteiger partial charge in [-0.1, -0.05) is 12.1 Å². The number of primary amides is 1. The summed E-state index contributed by atoms with van der Waals surface area (Å²) in [6, 6.07) is 7.51. The number of β-lactam (4-membered cyclic amide) rings is 1. The highest BCUT2D eigenvalue weighted by atomic mass is 16.5. The minimum atomic E-state index is -1.40. The van der Waals surface area contributed by atoms with Crippen molar-refractivity contribution in [2.75, 3.05) is 18.1 Å². The Labute approximate surface area is 215 Å². The van der Waals surface area contributed by atoms with Crippen molar-refractivity contribution in [3.05, 3.63) is 54.1 Å². The van der Waals surface area contributed by atoms with Crippen LogP contribution in [-0.4, -0.2) is 76.5 Å². The molecule has 1 aliphatic heterocycles. The van der Waals surface area contributed by atoms with E-state index in [0.29, 0.717) is 5.75 Å². The molecule has 6 N–H and O–H groups in total. The smallest absolute Gasteiger partial charge is 0.409 e. The van der Waals surface area contributed by atoms with Crippen LogP contribution in [0.2, 0.25) is 0 Å². The van der Waals surface area contributed by atoms with Gasteiger partial charge in [0.25, 0.3) is 5.91 Å². The number of carbonyl (C=O) groups excluding carboxylic acids is 4. The number of carbonyl (C=O) groups is 6. The van der Waals surface area contributed by atoms with Crippen LogP contribution in [0.4, 0.5) is 10.5 Å². The molecule has 1 fully saturated rings. The fourth-order valence-electron chi connectivity index (χ4n) is 3.80. The average Bonchev–Trinajstić information content (AvgIpc) is 2.88. The Hall–Kier alpha value is -4.98. The summed E-state index contributed by atoms with van der Waals surface area (Å²) in [7, 11) is 0. The van der Waals surface area contributed by atoms with Crippen LogP contribution >= 0.6 is 0 Å². The number of rotatable bonds is 12. The van der Waals surface area contributed by atoms with Gasteiger partial charge >= 0.3 is 18.0 Å². The molecular formula is C24H24N4O10. The first-order valence-corrected chi connectivity index (χ1v) is 11.1. The van der Waals surface area contributed by atoms with Crippen LogP contribution in [0.3, 0.4) is 0 Å². The lowest BCUT2D eigenvalue weighted by molar-refractivity contribution is -0.159. The fourth-order valence-corrected chi connectivity index (χ4v) is 3.80. The zero-order valence-electron chi connectivity index (χ0n) is 19.8. The van der Waals surface area contributed by atoms with Crippen LogP contribution in [0.25, 0.3) is 0 Å². The molecule has 3 amide bonds. The van der Waals surface area contributed by atoms with E-state index in [0.717, 1.165) is 9.80 Å². The van der Waals surface area contributed by atoms with Gasteiger partial charge in [0, 0.05) is 12.1 Å². The van der Waals surface area contributed by atoms with Gasteiger partial charge in [-0.25, -0.2) is 9.59 Å². The first kappa shape index (κ1) is 27.6. The molecule has 3 unspecified atom stereocenters. The molecule has 0 aliphatic carbocycles. The lowest BCUT2D eigenvalue weighted by atomic mass is 9.96. The summed E-state index contributed by atoms with van der Waals surface area (Å²) in [6.45, 7) is -0.160. The van der Waals surface area contributed by atoms with Crippen molar-refractivity contribution >= 4 is 41.8 Å². The van der Waals surface area contributed by atoms with E-state index in [2.05, 4.69) is 0 Å². The van der Waals surface area contributed by atoms with E-state index in [1.165, 1.54) is 48.5 Å². The number of nitrogens with two attached hydrogens (primary N) is 2. The van der Waals surface area contributed by atoms with Gasteiger partial charge in [0.05, 0.1) is 13.2 Å². The maximum atomic E-state index is 13.0. The number of hydrogen-bond acceptors (Lipinski definition) is 9. The van der Waals surface area contributed by atoms with Crippen LogP contribution < -0.4 is 25.8 Å². The monoisotopic (exact) mass is 528 g/mol. The lowest BCUT2D eigenvalue weighted by Gasteiger charge is -2.46. The molecule has 2 aromatic carbocycles. The maximum absolute atomic E-state index is 13.0. The van der Waals surface area contributed by atoms with Gasteiger partial charge in [-0.05, 0) is 42.0 Å². The molecule has 0 spiro atoms. The molecule has 2 aromatic rings. The zero-order chi connectivity index (χ0) is 28.0. The molecule has 1 saturated heterocycles. The van der Waals surface area contributed by atoms with E-state index in [1.54, 1.807) is 0 Å². The number of nitrogens with zero attached hydrogens (tertiary/aromatic N) is 2. The molecule has 0 bridgehead atoms. The number of amides is 3. The van der Waals surface area contributed by atoms with E-state index in [4.69, 9.17) is 26.0 Å². The standard InChI is InChI=1S/C24H24N4O10/c25-17(22(32)33)9-10-37-15-7-3-14(4-8-15)28(19(30)12-29)18-11-27(21(18)31)20(23(34)35)13-1-5-16(6-2-13)38-24(26)36/h1-8,12,17-18,20H,9-11,25H2,(H2,26,36)(H,32,33)(H,34,35). The molecule has 3 atom stereocenters. The first-order chi connectivity index (χ1) is 18.0. The van der Waals surface area contributed by atoms with Crippen molar-refractivity contribution in [2.45, 2.75) is 24.5 Å². The molecule has 200 valence electrons. The zero-order valence-corrected chi connectivity index (χ0v) is 19.8. The minimum absolute atomic E-state index is 0.0199. The Morgan fingerprint density at radius 1 is 1.03 bits per heavy atom. The second-order valence-corrected chi connectivity index (χ2v) is 8.14. The van der Waals surface area contributed by atoms with Crippen LogP contribution in [0.5, 0.6) is 11.5 Å². The van der Waals surface area contributed by atoms with E-state index in [9.17, 15) is 33.9 Å². The Morgan fingerprint density at radius 2 is 1.63 bits per heavy atom. The predicted molar refractivity (Wildman–Crippen MR) is 128 cm³/mol. The summed E-state index contributed by atoms with van der Waals surface area (Å²) in [5, 5.41) is 18.6. The molecule has 14 heteroatoms. The number of benzene rings is 2. The van der Waals surface area contributed by atoms with Crippen LogP contribution in [-0.2, 0) is 24.0 Å². The summed E-state index contributed by atoms with van der Waals surface area (Å²) in [4.78, 5) is 72.4. The molecular weight excluding hydrogens is 504 g/mol. The molecule has 1 aliphatic rings. The number of carboxylic acids is 2. The van der Waals surface area contributed by atoms with Crippen molar-refractivity contribution < 1.29 is 48.5 Å². The summed E-state index contributed by atoms with van der Waals surface area (Å²) in [5.41, 5.74) is 10.8. The average molecular weight is 528 g/mol. The highest BCUT2D eigenvalue weighted by Crippen LogP contribution is 2.33. The maximum Gasteiger partial charge on any atom is 0.409 e. The van der Waals surface area contributed by atoms with Crippen molar-refractivity contribution in [3.63, 3.8) is 0 Å². The third-order valence-electron chi connectivity index (χ3n) is 5.68. The Morgan fingerprint density at radius 3 is 2.13 bits per heavy atom. The third-order valence-corrected chi connectivity index (χ3v) is 5.68. The largest absolute Gasteiger partial charge is 0.494 e. The van der Waals surface area contributed by atoms with Crippen molar-refractivity contribution in [2.24, 2.45) is 11.5 Å². The number of aldehydes is 1. The fraction of sp³-hybridized carbons (Fsp3) is 0.250. The molecule has 0 saturated carbocycles. The quantitative estimate of drug-likeness (QED) is 0.162. The summed E-state index contributed by atoms with van der Waals surface area (Å²) >= 11 is 0. The molecule has 38 heavy (non-hydrogen) atoms. The Bertz CT molecular complexity index is 1230. The van der Waals surface area contributed by atoms with Crippen molar-refractivity contribution in [1.29, 1.82) is 0 Å². The van der Waals surface area contributed by atoms with Crippen LogP contribution in [0.1, 0.15) is 18.0 Å². The number of hydrogen-bond donors (Lipinski definition) is 4. The van der Waals surface area contributed by atoms with Gasteiger partial charge in [-0.15, -0.1) is 0 Å². The predicted octanol–water partition coefficient (Wildman–Crippen LogP) is -0.106. The normalized spacial score (nSPS) is 16.0. The molecule has 1 heterocycles. The Balaban J connectivity index is 1.73. The van der Waals surface area contributed by atoms with E-state index < -0.39 is 48.0 Å². The van der Waals surface area contributed by atoms with Crippen LogP contribution in [0.15, 0.2) is 48.5 Å². The van der Waals surface area contributed by atoms with Gasteiger partial charge in [0.1, 0.15) is 23.6 Å². The summed E-state index contributed by atoms with van der Waals surface area (Å²) in [6.07, 6.45) is -0.944. The molecule has 0 aromatic heterocycles. The summed E-state index contributed by atoms with van der Waals surface area (Å²) in [5.74, 6) is -3.79. The lowest BCUT2D eigenvalue weighted by Crippen LogP contribution is -2.67. The summed E-state index contributed by atoms with van der Waals surface area (Å²) < 4.78 is 10.1. The van der Waals surface area contributed by atoms with Crippen molar-refractivity contribution in [3.8, 4) is 11.5 Å². The number of likely N-dealkylation sites (tertiary alicyclic amines) is 1. The second-order valence-electron chi connectivity index (χ2n) is 8.14. The van der Waals surface area contributed by atoms with E-state index in [1.807, 2.05) is 0 Å². The van der Waals surface area contributed by atoms with Gasteiger partial charge in [0.15, 0.2) is 6.04 Å². The van der Waals surface area contributed by atoms with Gasteiger partial charge in [-0.2, -0.15) is 0 Å². The van der Waals surface area contributed by atoms with Gasteiger partial charge < -0.3 is 36.1 Å². The third kappa shape index (κ3) is 6.22. The molecule has 14 nitrogen and oxygen atoms in total. The number of carboxylic acid groups (broad SMARTS) is 2. The molecule has 0 radical (unpaired) electrons.